The number of aromatic nitrogens is 1. The SMILES string of the molecule is CC(C)OC(=O)CC1CCCN(c2cccc(C(=O)O)n2)C1. The number of carbonyl (C=O) groups is 2. The van der Waals surface area contributed by atoms with Gasteiger partial charge in [0, 0.05) is 13.1 Å². The van der Waals surface area contributed by atoms with E-state index in [1.165, 1.54) is 6.07 Å². The lowest BCUT2D eigenvalue weighted by molar-refractivity contribution is -0.148. The number of hydrogen-bond donors (Lipinski definition) is 1. The van der Waals surface area contributed by atoms with Crippen LogP contribution in [0.1, 0.15) is 43.6 Å². The van der Waals surface area contributed by atoms with Crippen LogP contribution < -0.4 is 4.90 Å². The molecule has 0 aromatic carbocycles. The number of anilines is 1. The molecule has 1 unspecified atom stereocenters. The van der Waals surface area contributed by atoms with Gasteiger partial charge in [-0.1, -0.05) is 6.07 Å². The Morgan fingerprint density at radius 1 is 1.45 bits per heavy atom. The summed E-state index contributed by atoms with van der Waals surface area (Å²) in [5.74, 6) is -0.331. The highest BCUT2D eigenvalue weighted by molar-refractivity contribution is 5.85. The molecule has 0 radical (unpaired) electrons. The highest BCUT2D eigenvalue weighted by Gasteiger charge is 2.24. The molecular weight excluding hydrogens is 284 g/mol. The molecule has 1 saturated heterocycles. The lowest BCUT2D eigenvalue weighted by Crippen LogP contribution is -2.37. The van der Waals surface area contributed by atoms with Crippen molar-refractivity contribution in [1.82, 2.24) is 4.98 Å². The van der Waals surface area contributed by atoms with Crippen LogP contribution in [0, 0.1) is 5.92 Å². The topological polar surface area (TPSA) is 79.7 Å². The van der Waals surface area contributed by atoms with Gasteiger partial charge in [0.15, 0.2) is 5.69 Å². The zero-order valence-corrected chi connectivity index (χ0v) is 13.0. The zero-order valence-electron chi connectivity index (χ0n) is 13.0. The third-order valence-corrected chi connectivity index (χ3v) is 3.62. The Balaban J connectivity index is 1.99. The minimum atomic E-state index is -1.03. The Morgan fingerprint density at radius 2 is 2.23 bits per heavy atom. The number of ether oxygens (including phenoxy) is 1. The molecule has 1 aliphatic heterocycles. The summed E-state index contributed by atoms with van der Waals surface area (Å²) in [6, 6.07) is 4.98. The Labute approximate surface area is 130 Å². The van der Waals surface area contributed by atoms with Crippen molar-refractivity contribution in [3.8, 4) is 0 Å². The fraction of sp³-hybridized carbons (Fsp3) is 0.562. The van der Waals surface area contributed by atoms with Crippen molar-refractivity contribution in [3.05, 3.63) is 23.9 Å². The molecule has 1 aliphatic rings. The van der Waals surface area contributed by atoms with Gasteiger partial charge in [0.05, 0.1) is 12.5 Å². The average molecular weight is 306 g/mol. The van der Waals surface area contributed by atoms with Crippen LogP contribution in [0.25, 0.3) is 0 Å². The molecule has 6 nitrogen and oxygen atoms in total. The Bertz CT molecular complexity index is 545. The van der Waals surface area contributed by atoms with Gasteiger partial charge >= 0.3 is 11.9 Å². The Hall–Kier alpha value is -2.11. The third kappa shape index (κ3) is 4.44. The summed E-state index contributed by atoms with van der Waals surface area (Å²) in [6.45, 7) is 5.20. The van der Waals surface area contributed by atoms with E-state index in [9.17, 15) is 9.59 Å². The largest absolute Gasteiger partial charge is 0.477 e. The number of aromatic carboxylic acids is 1. The van der Waals surface area contributed by atoms with Gasteiger partial charge in [-0.05, 0) is 44.7 Å². The van der Waals surface area contributed by atoms with E-state index in [4.69, 9.17) is 9.84 Å². The first-order valence-electron chi connectivity index (χ1n) is 7.60. The number of nitrogens with zero attached hydrogens (tertiary/aromatic N) is 2. The molecule has 1 aromatic rings. The number of hydrogen-bond acceptors (Lipinski definition) is 5. The molecule has 0 aliphatic carbocycles. The molecule has 1 fully saturated rings. The first-order valence-corrected chi connectivity index (χ1v) is 7.60. The maximum absolute atomic E-state index is 11.8. The number of carboxylic acids is 1. The molecule has 0 amide bonds. The second-order valence-corrected chi connectivity index (χ2v) is 5.88. The smallest absolute Gasteiger partial charge is 0.354 e. The minimum Gasteiger partial charge on any atom is -0.477 e. The molecule has 2 rings (SSSR count). The van der Waals surface area contributed by atoms with E-state index in [1.54, 1.807) is 12.1 Å². The van der Waals surface area contributed by atoms with Crippen molar-refractivity contribution in [2.75, 3.05) is 18.0 Å². The predicted octanol–water partition coefficient (Wildman–Crippen LogP) is 2.34. The van der Waals surface area contributed by atoms with Crippen LogP contribution in [0.5, 0.6) is 0 Å². The Kier molecular flexibility index (Phi) is 5.35. The molecule has 1 aromatic heterocycles. The van der Waals surface area contributed by atoms with Crippen LogP contribution in [0.15, 0.2) is 18.2 Å². The molecule has 0 saturated carbocycles. The molecule has 6 heteroatoms. The van der Waals surface area contributed by atoms with Gasteiger partial charge in [-0.3, -0.25) is 4.79 Å². The van der Waals surface area contributed by atoms with Gasteiger partial charge in [0.2, 0.25) is 0 Å². The minimum absolute atomic E-state index is 0.0406. The molecule has 0 spiro atoms. The summed E-state index contributed by atoms with van der Waals surface area (Å²) in [7, 11) is 0. The van der Waals surface area contributed by atoms with Gasteiger partial charge in [-0.25, -0.2) is 9.78 Å². The van der Waals surface area contributed by atoms with E-state index >= 15 is 0 Å². The Morgan fingerprint density at radius 3 is 2.91 bits per heavy atom. The average Bonchev–Trinajstić information content (AvgIpc) is 2.46. The highest BCUT2D eigenvalue weighted by Crippen LogP contribution is 2.24. The van der Waals surface area contributed by atoms with Gasteiger partial charge < -0.3 is 14.7 Å². The second-order valence-electron chi connectivity index (χ2n) is 5.88. The molecule has 1 N–H and O–H groups in total. The number of esters is 1. The van der Waals surface area contributed by atoms with Gasteiger partial charge in [0.25, 0.3) is 0 Å². The standard InChI is InChI=1S/C16H22N2O4/c1-11(2)22-15(19)9-12-5-4-8-18(10-12)14-7-3-6-13(17-14)16(20)21/h3,6-7,11-12H,4-5,8-10H2,1-2H3,(H,20,21). The summed E-state index contributed by atoms with van der Waals surface area (Å²) in [5.41, 5.74) is 0.0406. The quantitative estimate of drug-likeness (QED) is 0.841. The number of piperidine rings is 1. The molecule has 2 heterocycles. The summed E-state index contributed by atoms with van der Waals surface area (Å²) < 4.78 is 5.19. The predicted molar refractivity (Wildman–Crippen MR) is 82.0 cm³/mol. The molecule has 22 heavy (non-hydrogen) atoms. The maximum Gasteiger partial charge on any atom is 0.354 e. The summed E-state index contributed by atoms with van der Waals surface area (Å²) in [6.07, 6.45) is 2.23. The first kappa shape index (κ1) is 16.3. The van der Waals surface area contributed by atoms with Gasteiger partial charge in [-0.2, -0.15) is 0 Å². The van der Waals surface area contributed by atoms with Crippen LogP contribution in [0.4, 0.5) is 5.82 Å². The summed E-state index contributed by atoms with van der Waals surface area (Å²) >= 11 is 0. The summed E-state index contributed by atoms with van der Waals surface area (Å²) in [5, 5.41) is 9.02. The fourth-order valence-electron chi connectivity index (χ4n) is 2.70. The number of carboxylic acid groups (broad SMARTS) is 1. The normalized spacial score (nSPS) is 18.3. The van der Waals surface area contributed by atoms with Crippen molar-refractivity contribution in [2.24, 2.45) is 5.92 Å². The van der Waals surface area contributed by atoms with Gasteiger partial charge in [-0.15, -0.1) is 0 Å². The fourth-order valence-corrected chi connectivity index (χ4v) is 2.70. The summed E-state index contributed by atoms with van der Waals surface area (Å²) in [4.78, 5) is 29.0. The number of carbonyl (C=O) groups excluding carboxylic acids is 1. The van der Waals surface area contributed by atoms with E-state index in [0.29, 0.717) is 18.8 Å². The van der Waals surface area contributed by atoms with E-state index in [0.717, 1.165) is 19.4 Å². The van der Waals surface area contributed by atoms with E-state index in [1.807, 2.05) is 18.7 Å². The van der Waals surface area contributed by atoms with Crippen LogP contribution in [0.2, 0.25) is 0 Å². The molecule has 1 atom stereocenters. The van der Waals surface area contributed by atoms with Gasteiger partial charge in [0.1, 0.15) is 5.82 Å². The maximum atomic E-state index is 11.8. The van der Waals surface area contributed by atoms with E-state index in [2.05, 4.69) is 4.98 Å². The zero-order chi connectivity index (χ0) is 16.1. The van der Waals surface area contributed by atoms with Crippen molar-refractivity contribution in [2.45, 2.75) is 39.2 Å². The number of pyridine rings is 1. The van der Waals surface area contributed by atoms with Crippen LogP contribution >= 0.6 is 0 Å². The molecular formula is C16H22N2O4. The first-order chi connectivity index (χ1) is 10.5. The second kappa shape index (κ2) is 7.24. The molecule has 0 bridgehead atoms. The van der Waals surface area contributed by atoms with Crippen molar-refractivity contribution < 1.29 is 19.4 Å². The van der Waals surface area contributed by atoms with Crippen LogP contribution in [0.3, 0.4) is 0 Å². The lowest BCUT2D eigenvalue weighted by atomic mass is 9.95. The monoisotopic (exact) mass is 306 g/mol. The van der Waals surface area contributed by atoms with E-state index < -0.39 is 5.97 Å². The lowest BCUT2D eigenvalue weighted by Gasteiger charge is -2.33. The van der Waals surface area contributed by atoms with Crippen molar-refractivity contribution >= 4 is 17.8 Å². The highest BCUT2D eigenvalue weighted by atomic mass is 16.5. The number of rotatable bonds is 5. The van der Waals surface area contributed by atoms with Crippen molar-refractivity contribution in [1.29, 1.82) is 0 Å². The van der Waals surface area contributed by atoms with E-state index in [-0.39, 0.29) is 23.7 Å². The van der Waals surface area contributed by atoms with Crippen LogP contribution in [-0.2, 0) is 9.53 Å². The van der Waals surface area contributed by atoms with Crippen molar-refractivity contribution in [3.63, 3.8) is 0 Å². The van der Waals surface area contributed by atoms with Crippen LogP contribution in [-0.4, -0.2) is 41.2 Å². The molecule has 120 valence electrons. The third-order valence-electron chi connectivity index (χ3n) is 3.62.